The van der Waals surface area contributed by atoms with Gasteiger partial charge in [0.25, 0.3) is 0 Å². The second-order valence-electron chi connectivity index (χ2n) is 6.86. The van der Waals surface area contributed by atoms with Crippen LogP contribution in [0.4, 0.5) is 0 Å². The number of hydrogen-bond acceptors (Lipinski definition) is 3. The predicted molar refractivity (Wildman–Crippen MR) is 99.0 cm³/mol. The molecule has 0 spiro atoms. The Labute approximate surface area is 155 Å². The summed E-state index contributed by atoms with van der Waals surface area (Å²) in [6.45, 7) is 0.928. The Bertz CT molecular complexity index is 420. The number of nitrogens with zero attached hydrogens (tertiary/aromatic N) is 1. The molecule has 0 fully saturated rings. The molecule has 0 saturated carbocycles. The Morgan fingerprint density at radius 3 is 1.54 bits per heavy atom. The van der Waals surface area contributed by atoms with Crippen molar-refractivity contribution in [2.75, 3.05) is 26.2 Å². The first kappa shape index (κ1) is 24.1. The molecule has 3 N–H and O–H groups in total. The number of rotatable bonds is 17. The summed E-state index contributed by atoms with van der Waals surface area (Å²) < 4.78 is -0.441. The molecule has 0 aromatic heterocycles. The zero-order chi connectivity index (χ0) is 19.8. The second-order valence-corrected chi connectivity index (χ2v) is 6.86. The van der Waals surface area contributed by atoms with Gasteiger partial charge in [-0.2, -0.15) is 0 Å². The van der Waals surface area contributed by atoms with Gasteiger partial charge in [-0.1, -0.05) is 44.8 Å². The Kier molecular flexibility index (Phi) is 13.3. The zero-order valence-corrected chi connectivity index (χ0v) is 15.9. The average Bonchev–Trinajstić information content (AvgIpc) is 2.50. The van der Waals surface area contributed by atoms with Gasteiger partial charge in [0.15, 0.2) is 19.6 Å². The third-order valence-corrected chi connectivity index (χ3v) is 4.32. The van der Waals surface area contributed by atoms with E-state index in [1.807, 2.05) is 0 Å². The highest BCUT2D eigenvalue weighted by atomic mass is 16.4. The Balaban J connectivity index is 4.19. The lowest BCUT2D eigenvalue weighted by atomic mass is 10.1. The lowest BCUT2D eigenvalue weighted by Gasteiger charge is -2.34. The number of hydrogen-bond donors (Lipinski definition) is 3. The largest absolute Gasteiger partial charge is 0.477 e. The van der Waals surface area contributed by atoms with E-state index in [-0.39, 0.29) is 6.54 Å². The van der Waals surface area contributed by atoms with Crippen molar-refractivity contribution >= 4 is 17.9 Å². The summed E-state index contributed by atoms with van der Waals surface area (Å²) in [7, 11) is 0. The molecule has 0 amide bonds. The third kappa shape index (κ3) is 13.4. The first-order valence-electron chi connectivity index (χ1n) is 9.47. The van der Waals surface area contributed by atoms with E-state index in [1.54, 1.807) is 0 Å². The summed E-state index contributed by atoms with van der Waals surface area (Å²) in [6, 6.07) is 0. The van der Waals surface area contributed by atoms with Gasteiger partial charge < -0.3 is 15.3 Å². The van der Waals surface area contributed by atoms with Crippen LogP contribution in [-0.4, -0.2) is 63.9 Å². The van der Waals surface area contributed by atoms with Crippen LogP contribution < -0.4 is 0 Å². The molecule has 7 heteroatoms. The third-order valence-electron chi connectivity index (χ3n) is 4.32. The van der Waals surface area contributed by atoms with Crippen LogP contribution in [0.1, 0.15) is 64.7 Å². The molecule has 0 rings (SSSR count). The lowest BCUT2D eigenvalue weighted by molar-refractivity contribution is -0.907. The normalized spacial score (nSPS) is 11.7. The minimum Gasteiger partial charge on any atom is -0.477 e. The van der Waals surface area contributed by atoms with Gasteiger partial charge in [-0.3, -0.25) is 4.48 Å². The van der Waals surface area contributed by atoms with E-state index >= 15 is 0 Å². The number of unbranched alkanes of at least 4 members (excludes halogenated alkanes) is 7. The topological polar surface area (TPSA) is 112 Å². The van der Waals surface area contributed by atoms with E-state index in [0.717, 1.165) is 38.5 Å². The minimum absolute atomic E-state index is 0.257. The molecule has 0 radical (unpaired) electrons. The first-order valence-corrected chi connectivity index (χ1v) is 9.47. The van der Waals surface area contributed by atoms with Crippen LogP contribution in [0.25, 0.3) is 0 Å². The Morgan fingerprint density at radius 2 is 1.12 bits per heavy atom. The van der Waals surface area contributed by atoms with Crippen LogP contribution in [-0.2, 0) is 14.4 Å². The van der Waals surface area contributed by atoms with Gasteiger partial charge in [-0.05, 0) is 32.1 Å². The van der Waals surface area contributed by atoms with Gasteiger partial charge in [0.05, 0.1) is 6.54 Å². The van der Waals surface area contributed by atoms with E-state index < -0.39 is 42.0 Å². The van der Waals surface area contributed by atoms with Crippen LogP contribution in [0.3, 0.4) is 0 Å². The summed E-state index contributed by atoms with van der Waals surface area (Å²) >= 11 is 0. The minimum atomic E-state index is -1.18. The summed E-state index contributed by atoms with van der Waals surface area (Å²) in [6.07, 6.45) is 13.7. The molecule has 0 aromatic rings. The van der Waals surface area contributed by atoms with Crippen molar-refractivity contribution in [3.05, 3.63) is 12.2 Å². The summed E-state index contributed by atoms with van der Waals surface area (Å²) in [4.78, 5) is 33.2. The monoisotopic (exact) mass is 372 g/mol. The van der Waals surface area contributed by atoms with Crippen molar-refractivity contribution in [1.29, 1.82) is 0 Å². The predicted octanol–water partition coefficient (Wildman–Crippen LogP) is 3.14. The van der Waals surface area contributed by atoms with Gasteiger partial charge in [0.1, 0.15) is 0 Å². The Hall–Kier alpha value is -1.89. The molecular weight excluding hydrogens is 338 g/mol. The summed E-state index contributed by atoms with van der Waals surface area (Å²) in [5.41, 5.74) is 0. The van der Waals surface area contributed by atoms with Crippen LogP contribution >= 0.6 is 0 Å². The van der Waals surface area contributed by atoms with E-state index in [2.05, 4.69) is 19.1 Å². The van der Waals surface area contributed by atoms with E-state index in [0.29, 0.717) is 6.42 Å². The van der Waals surface area contributed by atoms with Crippen molar-refractivity contribution in [3.63, 3.8) is 0 Å². The molecule has 0 bridgehead atoms. The van der Waals surface area contributed by atoms with Gasteiger partial charge >= 0.3 is 17.9 Å². The van der Waals surface area contributed by atoms with Crippen molar-refractivity contribution in [2.45, 2.75) is 64.7 Å². The molecule has 0 aromatic carbocycles. The van der Waals surface area contributed by atoms with Crippen LogP contribution in [0.5, 0.6) is 0 Å². The molecule has 0 unspecified atom stereocenters. The number of carboxylic acids is 3. The van der Waals surface area contributed by atoms with Crippen LogP contribution in [0.2, 0.25) is 0 Å². The number of quaternary nitrogens is 1. The molecule has 0 saturated heterocycles. The SMILES string of the molecule is CC/C=C/CCCCCCCCC[N+](CC(=O)O)(CC(=O)O)CC(=O)O. The zero-order valence-electron chi connectivity index (χ0n) is 15.9. The quantitative estimate of drug-likeness (QED) is 0.205. The first-order chi connectivity index (χ1) is 12.3. The highest BCUT2D eigenvalue weighted by Gasteiger charge is 2.35. The second kappa shape index (κ2) is 14.3. The van der Waals surface area contributed by atoms with Crippen molar-refractivity contribution < 1.29 is 34.2 Å². The summed E-state index contributed by atoms with van der Waals surface area (Å²) in [5.74, 6) is -3.53. The maximum Gasteiger partial charge on any atom is 0.359 e. The molecule has 0 aliphatic rings. The Morgan fingerprint density at radius 1 is 0.692 bits per heavy atom. The molecule has 0 atom stereocenters. The maximum absolute atomic E-state index is 11.1. The van der Waals surface area contributed by atoms with Crippen LogP contribution in [0.15, 0.2) is 12.2 Å². The fourth-order valence-electron chi connectivity index (χ4n) is 3.14. The van der Waals surface area contributed by atoms with Crippen molar-refractivity contribution in [3.8, 4) is 0 Å². The smallest absolute Gasteiger partial charge is 0.359 e. The van der Waals surface area contributed by atoms with Crippen LogP contribution in [0, 0.1) is 0 Å². The fourth-order valence-corrected chi connectivity index (χ4v) is 3.14. The van der Waals surface area contributed by atoms with E-state index in [9.17, 15) is 14.4 Å². The molecule has 7 nitrogen and oxygen atoms in total. The number of carbonyl (C=O) groups is 3. The number of allylic oxidation sites excluding steroid dienone is 2. The fraction of sp³-hybridized carbons (Fsp3) is 0.737. The van der Waals surface area contributed by atoms with Crippen molar-refractivity contribution in [2.24, 2.45) is 0 Å². The van der Waals surface area contributed by atoms with Gasteiger partial charge in [0.2, 0.25) is 0 Å². The maximum atomic E-state index is 11.1. The standard InChI is InChI=1S/C19H33NO6/c1-2-3-4-5-6-7-8-9-10-11-12-13-20(14-17(21)22,15-18(23)24)16-19(25)26/h3-4H,2,5-16H2,1H3,(H2-,21,22,23,24,25,26)/p+1/b4-3+. The van der Waals surface area contributed by atoms with Gasteiger partial charge in [-0.25, -0.2) is 14.4 Å². The average molecular weight is 372 g/mol. The number of aliphatic carboxylic acids is 3. The highest BCUT2D eigenvalue weighted by Crippen LogP contribution is 2.14. The summed E-state index contributed by atoms with van der Waals surface area (Å²) in [5, 5.41) is 27.1. The number of carboxylic acid groups (broad SMARTS) is 3. The molecule has 0 aliphatic heterocycles. The molecule has 0 heterocycles. The van der Waals surface area contributed by atoms with E-state index in [1.165, 1.54) is 12.8 Å². The van der Waals surface area contributed by atoms with E-state index in [4.69, 9.17) is 15.3 Å². The molecular formula is C19H34NO6+. The highest BCUT2D eigenvalue weighted by molar-refractivity contribution is 5.73. The van der Waals surface area contributed by atoms with Gasteiger partial charge in [0, 0.05) is 0 Å². The molecule has 26 heavy (non-hydrogen) atoms. The molecule has 150 valence electrons. The van der Waals surface area contributed by atoms with Gasteiger partial charge in [-0.15, -0.1) is 0 Å². The lowest BCUT2D eigenvalue weighted by Crippen LogP contribution is -2.57. The molecule has 0 aliphatic carbocycles. The van der Waals surface area contributed by atoms with Crippen molar-refractivity contribution in [1.82, 2.24) is 0 Å².